The van der Waals surface area contributed by atoms with Gasteiger partial charge < -0.3 is 10.1 Å². The zero-order valence-electron chi connectivity index (χ0n) is 9.13. The maximum atomic E-state index is 13.2. The predicted octanol–water partition coefficient (Wildman–Crippen LogP) is 1.23. The predicted molar refractivity (Wildman–Crippen MR) is 57.6 cm³/mol. The van der Waals surface area contributed by atoms with E-state index >= 15 is 0 Å². The molecule has 1 aromatic carbocycles. The molecule has 1 saturated heterocycles. The Labute approximate surface area is 93.6 Å². The highest BCUT2D eigenvalue weighted by molar-refractivity contribution is 5.84. The minimum atomic E-state index is -0.725. The normalized spacial score (nSPS) is 24.4. The number of ether oxygens (including phenoxy) is 1. The molecule has 0 aliphatic carbocycles. The molecular formula is C12H14FNO2. The molecule has 1 heterocycles. The molecule has 2 rings (SSSR count). The summed E-state index contributed by atoms with van der Waals surface area (Å²) in [6.07, 6.45) is 0.642. The number of hydrogen-bond acceptors (Lipinski definition) is 3. The summed E-state index contributed by atoms with van der Waals surface area (Å²) >= 11 is 0. The fraction of sp³-hybridized carbons (Fsp3) is 0.417. The summed E-state index contributed by atoms with van der Waals surface area (Å²) in [6, 6.07) is 6.17. The Morgan fingerprint density at radius 1 is 1.56 bits per heavy atom. The number of rotatable bonds is 2. The summed E-state index contributed by atoms with van der Waals surface area (Å²) in [4.78, 5) is 11.9. The van der Waals surface area contributed by atoms with Crippen molar-refractivity contribution in [1.29, 1.82) is 0 Å². The summed E-state index contributed by atoms with van der Waals surface area (Å²) in [6.45, 7) is 1.24. The van der Waals surface area contributed by atoms with E-state index in [4.69, 9.17) is 4.74 Å². The Kier molecular flexibility index (Phi) is 2.92. The number of carbonyl (C=O) groups is 1. The van der Waals surface area contributed by atoms with Crippen LogP contribution >= 0.6 is 0 Å². The van der Waals surface area contributed by atoms with Crippen molar-refractivity contribution in [3.8, 4) is 0 Å². The second-order valence-corrected chi connectivity index (χ2v) is 4.01. The molecule has 0 spiro atoms. The average molecular weight is 223 g/mol. The lowest BCUT2D eigenvalue weighted by molar-refractivity contribution is -0.146. The topological polar surface area (TPSA) is 38.3 Å². The molecule has 0 radical (unpaired) electrons. The molecule has 86 valence electrons. The molecule has 0 bridgehead atoms. The molecule has 1 aliphatic rings. The van der Waals surface area contributed by atoms with E-state index in [9.17, 15) is 9.18 Å². The largest absolute Gasteiger partial charge is 0.468 e. The standard InChI is InChI=1S/C12H14FNO2/c1-16-11(15)12(5-6-14-8-12)9-3-2-4-10(13)7-9/h2-4,7,14H,5-6,8H2,1H3. The average Bonchev–Trinajstić information content (AvgIpc) is 2.78. The van der Waals surface area contributed by atoms with Crippen LogP contribution in [0.3, 0.4) is 0 Å². The zero-order valence-corrected chi connectivity index (χ0v) is 9.13. The van der Waals surface area contributed by atoms with E-state index in [2.05, 4.69) is 5.32 Å². The Morgan fingerprint density at radius 2 is 2.38 bits per heavy atom. The van der Waals surface area contributed by atoms with Crippen molar-refractivity contribution >= 4 is 5.97 Å². The number of nitrogens with one attached hydrogen (secondary N) is 1. The van der Waals surface area contributed by atoms with Crippen molar-refractivity contribution in [3.05, 3.63) is 35.6 Å². The second kappa shape index (κ2) is 4.22. The maximum Gasteiger partial charge on any atom is 0.317 e. The van der Waals surface area contributed by atoms with E-state index in [1.165, 1.54) is 19.2 Å². The van der Waals surface area contributed by atoms with Gasteiger partial charge in [-0.3, -0.25) is 4.79 Å². The molecule has 0 amide bonds. The minimum absolute atomic E-state index is 0.303. The Morgan fingerprint density at radius 3 is 2.94 bits per heavy atom. The summed E-state index contributed by atoms with van der Waals surface area (Å²) in [5.41, 5.74) is -0.0408. The monoisotopic (exact) mass is 223 g/mol. The highest BCUT2D eigenvalue weighted by Gasteiger charge is 2.44. The molecule has 3 nitrogen and oxygen atoms in total. The first-order chi connectivity index (χ1) is 7.69. The van der Waals surface area contributed by atoms with Gasteiger partial charge in [0.25, 0.3) is 0 Å². The number of methoxy groups -OCH3 is 1. The van der Waals surface area contributed by atoms with Crippen molar-refractivity contribution in [2.24, 2.45) is 0 Å². The quantitative estimate of drug-likeness (QED) is 0.766. The van der Waals surface area contributed by atoms with Crippen LogP contribution in [0.4, 0.5) is 4.39 Å². The van der Waals surface area contributed by atoms with Gasteiger partial charge in [-0.15, -0.1) is 0 Å². The van der Waals surface area contributed by atoms with Crippen molar-refractivity contribution < 1.29 is 13.9 Å². The molecule has 1 N–H and O–H groups in total. The van der Waals surface area contributed by atoms with E-state index in [1.54, 1.807) is 12.1 Å². The first kappa shape index (κ1) is 11.1. The molecule has 0 saturated carbocycles. The van der Waals surface area contributed by atoms with Crippen molar-refractivity contribution in [2.45, 2.75) is 11.8 Å². The third-order valence-corrected chi connectivity index (χ3v) is 3.11. The smallest absolute Gasteiger partial charge is 0.317 e. The SMILES string of the molecule is COC(=O)C1(c2cccc(F)c2)CCNC1. The van der Waals surface area contributed by atoms with Crippen LogP contribution in [0.1, 0.15) is 12.0 Å². The van der Waals surface area contributed by atoms with Gasteiger partial charge in [0.1, 0.15) is 11.2 Å². The summed E-state index contributed by atoms with van der Waals surface area (Å²) in [5.74, 6) is -0.629. The first-order valence-electron chi connectivity index (χ1n) is 5.24. The van der Waals surface area contributed by atoms with Crippen molar-refractivity contribution in [3.63, 3.8) is 0 Å². The molecule has 16 heavy (non-hydrogen) atoms. The lowest BCUT2D eigenvalue weighted by Gasteiger charge is -2.25. The van der Waals surface area contributed by atoms with Gasteiger partial charge in [0.2, 0.25) is 0 Å². The molecule has 0 aromatic heterocycles. The van der Waals surface area contributed by atoms with E-state index in [-0.39, 0.29) is 11.8 Å². The van der Waals surface area contributed by atoms with Gasteiger partial charge in [-0.25, -0.2) is 4.39 Å². The van der Waals surface area contributed by atoms with Crippen LogP contribution in [0.2, 0.25) is 0 Å². The highest BCUT2D eigenvalue weighted by Crippen LogP contribution is 2.32. The Balaban J connectivity index is 2.43. The molecule has 1 atom stereocenters. The van der Waals surface area contributed by atoms with Gasteiger partial charge >= 0.3 is 5.97 Å². The minimum Gasteiger partial charge on any atom is -0.468 e. The molecule has 4 heteroatoms. The number of hydrogen-bond donors (Lipinski definition) is 1. The number of esters is 1. The van der Waals surface area contributed by atoms with Crippen LogP contribution in [0, 0.1) is 5.82 Å². The lowest BCUT2D eigenvalue weighted by Crippen LogP contribution is -2.39. The summed E-state index contributed by atoms with van der Waals surface area (Å²) in [5, 5.41) is 3.12. The molecular weight excluding hydrogens is 209 g/mol. The zero-order chi connectivity index (χ0) is 11.6. The fourth-order valence-corrected chi connectivity index (χ4v) is 2.21. The number of carbonyl (C=O) groups excluding carboxylic acids is 1. The van der Waals surface area contributed by atoms with Crippen LogP contribution in [0.15, 0.2) is 24.3 Å². The van der Waals surface area contributed by atoms with E-state index in [0.29, 0.717) is 18.5 Å². The number of benzene rings is 1. The number of halogens is 1. The van der Waals surface area contributed by atoms with E-state index < -0.39 is 5.41 Å². The van der Waals surface area contributed by atoms with Gasteiger partial charge in [-0.2, -0.15) is 0 Å². The molecule has 1 unspecified atom stereocenters. The van der Waals surface area contributed by atoms with Gasteiger partial charge in [0.15, 0.2) is 0 Å². The van der Waals surface area contributed by atoms with Gasteiger partial charge in [0, 0.05) is 6.54 Å². The summed E-state index contributed by atoms with van der Waals surface area (Å²) < 4.78 is 18.0. The van der Waals surface area contributed by atoms with Crippen molar-refractivity contribution in [2.75, 3.05) is 20.2 Å². The molecule has 1 aliphatic heterocycles. The maximum absolute atomic E-state index is 13.2. The Hall–Kier alpha value is -1.42. The van der Waals surface area contributed by atoms with Crippen LogP contribution < -0.4 is 5.32 Å². The van der Waals surface area contributed by atoms with Crippen LogP contribution in [-0.4, -0.2) is 26.2 Å². The van der Waals surface area contributed by atoms with E-state index in [1.807, 2.05) is 0 Å². The highest BCUT2D eigenvalue weighted by atomic mass is 19.1. The molecule has 1 aromatic rings. The summed E-state index contributed by atoms with van der Waals surface area (Å²) in [7, 11) is 1.36. The third-order valence-electron chi connectivity index (χ3n) is 3.11. The van der Waals surface area contributed by atoms with Gasteiger partial charge in [-0.05, 0) is 30.7 Å². The van der Waals surface area contributed by atoms with Gasteiger partial charge in [-0.1, -0.05) is 12.1 Å². The van der Waals surface area contributed by atoms with Crippen LogP contribution in [0.5, 0.6) is 0 Å². The van der Waals surface area contributed by atoms with Crippen LogP contribution in [-0.2, 0) is 14.9 Å². The van der Waals surface area contributed by atoms with E-state index in [0.717, 1.165) is 6.54 Å². The Bertz CT molecular complexity index is 400. The third kappa shape index (κ3) is 1.69. The fourth-order valence-electron chi connectivity index (χ4n) is 2.21. The van der Waals surface area contributed by atoms with Gasteiger partial charge in [0.05, 0.1) is 7.11 Å². The first-order valence-corrected chi connectivity index (χ1v) is 5.24. The molecule has 1 fully saturated rings. The van der Waals surface area contributed by atoms with Crippen molar-refractivity contribution in [1.82, 2.24) is 5.32 Å². The second-order valence-electron chi connectivity index (χ2n) is 4.01. The van der Waals surface area contributed by atoms with Crippen LogP contribution in [0.25, 0.3) is 0 Å². The lowest BCUT2D eigenvalue weighted by atomic mass is 9.79.